The van der Waals surface area contributed by atoms with Crippen molar-refractivity contribution in [3.63, 3.8) is 0 Å². The van der Waals surface area contributed by atoms with Crippen LogP contribution in [-0.2, 0) is 4.74 Å². The highest BCUT2D eigenvalue weighted by Crippen LogP contribution is 1.98. The van der Waals surface area contributed by atoms with Gasteiger partial charge in [0, 0.05) is 6.61 Å². The van der Waals surface area contributed by atoms with Crippen molar-refractivity contribution in [2.24, 2.45) is 0 Å². The molecule has 1 unspecified atom stereocenters. The summed E-state index contributed by atoms with van der Waals surface area (Å²) >= 11 is 0. The Bertz CT molecular complexity index is 153. The minimum atomic E-state index is -0.538. The normalized spacial score (nSPS) is 11.9. The van der Waals surface area contributed by atoms with Crippen molar-refractivity contribution >= 4 is 0 Å². The van der Waals surface area contributed by atoms with E-state index in [4.69, 9.17) is 9.84 Å². The lowest BCUT2D eigenvalue weighted by Gasteiger charge is -1.98. The van der Waals surface area contributed by atoms with Gasteiger partial charge in [0.05, 0.1) is 0 Å². The van der Waals surface area contributed by atoms with Gasteiger partial charge in [0.25, 0.3) is 0 Å². The van der Waals surface area contributed by atoms with Crippen molar-refractivity contribution in [3.05, 3.63) is 0 Å². The Morgan fingerprint density at radius 2 is 2.08 bits per heavy atom. The number of aliphatic hydroxyl groups is 1. The van der Waals surface area contributed by atoms with Gasteiger partial charge in [0.1, 0.15) is 12.7 Å². The average molecular weight is 184 g/mol. The molecule has 0 saturated carbocycles. The third-order valence-electron chi connectivity index (χ3n) is 1.63. The van der Waals surface area contributed by atoms with E-state index in [-0.39, 0.29) is 0 Å². The van der Waals surface area contributed by atoms with Crippen molar-refractivity contribution in [3.8, 4) is 11.8 Å². The molecule has 1 N–H and O–H groups in total. The van der Waals surface area contributed by atoms with E-state index >= 15 is 0 Å². The lowest BCUT2D eigenvalue weighted by atomic mass is 10.2. The predicted octanol–water partition coefficient (Wildman–Crippen LogP) is 1.97. The van der Waals surface area contributed by atoms with Crippen molar-refractivity contribution in [2.45, 2.75) is 45.6 Å². The van der Waals surface area contributed by atoms with Gasteiger partial charge in [-0.1, -0.05) is 38.0 Å². The molecule has 0 radical (unpaired) electrons. The van der Waals surface area contributed by atoms with E-state index in [1.54, 1.807) is 6.92 Å². The summed E-state index contributed by atoms with van der Waals surface area (Å²) in [7, 11) is 0. The van der Waals surface area contributed by atoms with E-state index in [1.165, 1.54) is 19.3 Å². The molecule has 76 valence electrons. The zero-order valence-electron chi connectivity index (χ0n) is 8.68. The van der Waals surface area contributed by atoms with Gasteiger partial charge < -0.3 is 9.84 Å². The summed E-state index contributed by atoms with van der Waals surface area (Å²) in [5.41, 5.74) is 0. The third-order valence-corrected chi connectivity index (χ3v) is 1.63. The van der Waals surface area contributed by atoms with Gasteiger partial charge in [-0.2, -0.15) is 0 Å². The van der Waals surface area contributed by atoms with E-state index in [0.717, 1.165) is 13.0 Å². The molecule has 0 aliphatic rings. The number of hydrogen-bond acceptors (Lipinski definition) is 2. The second kappa shape index (κ2) is 9.57. The maximum Gasteiger partial charge on any atom is 0.112 e. The number of rotatable bonds is 6. The van der Waals surface area contributed by atoms with Gasteiger partial charge in [-0.3, -0.25) is 0 Å². The minimum absolute atomic E-state index is 0.441. The summed E-state index contributed by atoms with van der Waals surface area (Å²) in [6.07, 6.45) is 4.35. The molecular weight excluding hydrogens is 164 g/mol. The zero-order chi connectivity index (χ0) is 9.94. The Balaban J connectivity index is 3.05. The molecule has 0 rings (SSSR count). The number of ether oxygens (including phenoxy) is 1. The summed E-state index contributed by atoms with van der Waals surface area (Å²) in [6, 6.07) is 0. The molecule has 0 amide bonds. The summed E-state index contributed by atoms with van der Waals surface area (Å²) in [5, 5.41) is 8.80. The van der Waals surface area contributed by atoms with Crippen LogP contribution >= 0.6 is 0 Å². The van der Waals surface area contributed by atoms with Gasteiger partial charge >= 0.3 is 0 Å². The first-order valence-corrected chi connectivity index (χ1v) is 5.01. The maximum absolute atomic E-state index is 8.80. The number of hydrogen-bond donors (Lipinski definition) is 1. The average Bonchev–Trinajstić information content (AvgIpc) is 2.09. The zero-order valence-corrected chi connectivity index (χ0v) is 8.68. The first kappa shape index (κ1) is 12.5. The molecule has 2 heteroatoms. The Labute approximate surface area is 81.3 Å². The Morgan fingerprint density at radius 3 is 2.69 bits per heavy atom. The fourth-order valence-corrected chi connectivity index (χ4v) is 0.943. The highest BCUT2D eigenvalue weighted by atomic mass is 16.5. The fraction of sp³-hybridized carbons (Fsp3) is 0.818. The molecule has 0 spiro atoms. The predicted molar refractivity (Wildman–Crippen MR) is 54.4 cm³/mol. The summed E-state index contributed by atoms with van der Waals surface area (Å²) in [4.78, 5) is 0. The van der Waals surface area contributed by atoms with E-state index in [9.17, 15) is 0 Å². The van der Waals surface area contributed by atoms with Crippen molar-refractivity contribution in [1.29, 1.82) is 0 Å². The topological polar surface area (TPSA) is 29.5 Å². The standard InChI is InChI=1S/C11H20O2/c1-3-4-5-6-9-13-10-7-8-11(2)12/h11-12H,3-6,9-10H2,1-2H3. The van der Waals surface area contributed by atoms with Crippen molar-refractivity contribution in [1.82, 2.24) is 0 Å². The molecule has 0 saturated heterocycles. The van der Waals surface area contributed by atoms with E-state index in [1.807, 2.05) is 0 Å². The van der Waals surface area contributed by atoms with E-state index < -0.39 is 6.10 Å². The van der Waals surface area contributed by atoms with Crippen molar-refractivity contribution < 1.29 is 9.84 Å². The second-order valence-corrected chi connectivity index (χ2v) is 3.11. The monoisotopic (exact) mass is 184 g/mol. The van der Waals surface area contributed by atoms with Crippen LogP contribution in [0, 0.1) is 11.8 Å². The lowest BCUT2D eigenvalue weighted by molar-refractivity contribution is 0.161. The van der Waals surface area contributed by atoms with Crippen LogP contribution in [0.25, 0.3) is 0 Å². The van der Waals surface area contributed by atoms with Crippen LogP contribution in [0.5, 0.6) is 0 Å². The van der Waals surface area contributed by atoms with E-state index in [2.05, 4.69) is 18.8 Å². The number of unbranched alkanes of at least 4 members (excludes halogenated alkanes) is 3. The van der Waals surface area contributed by atoms with Crippen LogP contribution in [0.1, 0.15) is 39.5 Å². The summed E-state index contributed by atoms with van der Waals surface area (Å²) in [6.45, 7) is 5.06. The van der Waals surface area contributed by atoms with Gasteiger partial charge in [-0.25, -0.2) is 0 Å². The van der Waals surface area contributed by atoms with Crippen LogP contribution in [0.3, 0.4) is 0 Å². The van der Waals surface area contributed by atoms with Crippen LogP contribution in [0.4, 0.5) is 0 Å². The lowest BCUT2D eigenvalue weighted by Crippen LogP contribution is -1.97. The molecule has 0 fully saturated rings. The smallest absolute Gasteiger partial charge is 0.112 e. The molecule has 0 bridgehead atoms. The third kappa shape index (κ3) is 11.5. The molecule has 0 aromatic heterocycles. The summed E-state index contributed by atoms with van der Waals surface area (Å²) < 4.78 is 5.25. The molecule has 0 aliphatic heterocycles. The first-order valence-electron chi connectivity index (χ1n) is 5.01. The van der Waals surface area contributed by atoms with Gasteiger partial charge in [0.2, 0.25) is 0 Å². The Morgan fingerprint density at radius 1 is 1.31 bits per heavy atom. The SMILES string of the molecule is CCCCCCOCC#CC(C)O. The van der Waals surface area contributed by atoms with Crippen LogP contribution in [0.2, 0.25) is 0 Å². The van der Waals surface area contributed by atoms with Crippen molar-refractivity contribution in [2.75, 3.05) is 13.2 Å². The number of aliphatic hydroxyl groups excluding tert-OH is 1. The van der Waals surface area contributed by atoms with E-state index in [0.29, 0.717) is 6.61 Å². The molecule has 1 atom stereocenters. The Hall–Kier alpha value is -0.520. The molecule has 2 nitrogen and oxygen atoms in total. The molecule has 0 aromatic carbocycles. The van der Waals surface area contributed by atoms with Gasteiger partial charge in [-0.05, 0) is 13.3 Å². The maximum atomic E-state index is 8.80. The highest BCUT2D eigenvalue weighted by Gasteiger charge is 1.87. The first-order chi connectivity index (χ1) is 6.27. The largest absolute Gasteiger partial charge is 0.381 e. The van der Waals surface area contributed by atoms with Crippen LogP contribution in [-0.4, -0.2) is 24.4 Å². The minimum Gasteiger partial charge on any atom is -0.381 e. The van der Waals surface area contributed by atoms with Crippen LogP contribution in [0.15, 0.2) is 0 Å². The second-order valence-electron chi connectivity index (χ2n) is 3.11. The quantitative estimate of drug-likeness (QED) is 0.505. The molecular formula is C11H20O2. The molecule has 0 aliphatic carbocycles. The Kier molecular flexibility index (Phi) is 9.18. The van der Waals surface area contributed by atoms with Crippen LogP contribution < -0.4 is 0 Å². The fourth-order valence-electron chi connectivity index (χ4n) is 0.943. The molecule has 0 heterocycles. The van der Waals surface area contributed by atoms with Gasteiger partial charge in [0.15, 0.2) is 0 Å². The molecule has 13 heavy (non-hydrogen) atoms. The molecule has 0 aromatic rings. The highest BCUT2D eigenvalue weighted by molar-refractivity contribution is 5.03. The van der Waals surface area contributed by atoms with Gasteiger partial charge in [-0.15, -0.1) is 0 Å². The summed E-state index contributed by atoms with van der Waals surface area (Å²) in [5.74, 6) is 5.38.